The third-order valence-electron chi connectivity index (χ3n) is 7.21. The van der Waals surface area contributed by atoms with Crippen LogP contribution in [0.3, 0.4) is 0 Å². The van der Waals surface area contributed by atoms with Gasteiger partial charge in [-0.25, -0.2) is 14.2 Å². The third kappa shape index (κ3) is 4.92. The summed E-state index contributed by atoms with van der Waals surface area (Å²) >= 11 is 0. The number of hydrogen-bond acceptors (Lipinski definition) is 7. The molecule has 0 aliphatic carbocycles. The molecular weight excluding hydrogens is 527 g/mol. The fourth-order valence-electron chi connectivity index (χ4n) is 5.23. The van der Waals surface area contributed by atoms with Crippen LogP contribution in [0.1, 0.15) is 27.5 Å². The Labute approximate surface area is 235 Å². The van der Waals surface area contributed by atoms with Crippen LogP contribution in [0.15, 0.2) is 103 Å². The smallest absolute Gasteiger partial charge is 0.343 e. The van der Waals surface area contributed by atoms with E-state index in [1.54, 1.807) is 23.3 Å². The highest BCUT2D eigenvalue weighted by molar-refractivity contribution is 6.07. The molecule has 0 unspecified atom stereocenters. The van der Waals surface area contributed by atoms with E-state index in [4.69, 9.17) is 14.3 Å². The number of hydroxylamine groups is 1. The van der Waals surface area contributed by atoms with E-state index in [0.717, 1.165) is 5.56 Å². The highest BCUT2D eigenvalue weighted by Gasteiger charge is 2.59. The zero-order valence-electron chi connectivity index (χ0n) is 22.0. The number of amides is 2. The van der Waals surface area contributed by atoms with Crippen LogP contribution < -0.4 is 14.5 Å². The van der Waals surface area contributed by atoms with Gasteiger partial charge in [0.1, 0.15) is 11.7 Å². The maximum absolute atomic E-state index is 13.8. The second-order valence-corrected chi connectivity index (χ2v) is 9.71. The van der Waals surface area contributed by atoms with Crippen LogP contribution in [0.25, 0.3) is 0 Å². The summed E-state index contributed by atoms with van der Waals surface area (Å²) in [4.78, 5) is 47.3. The van der Waals surface area contributed by atoms with Crippen LogP contribution in [0.2, 0.25) is 0 Å². The van der Waals surface area contributed by atoms with Gasteiger partial charge >= 0.3 is 5.97 Å². The SMILES string of the molecule is COc1cc([C@@H]2[C@H]3C(=O)N(Cc4ccccc4)C(=O)[C@H]3ON2c2ccccc2)ccc1OC(=O)c1ccc(F)cc1. The predicted octanol–water partition coefficient (Wildman–Crippen LogP) is 5.10. The Morgan fingerprint density at radius 1 is 0.854 bits per heavy atom. The van der Waals surface area contributed by atoms with Gasteiger partial charge in [-0.3, -0.25) is 19.3 Å². The quantitative estimate of drug-likeness (QED) is 0.179. The molecule has 4 aromatic rings. The summed E-state index contributed by atoms with van der Waals surface area (Å²) in [5.41, 5.74) is 2.31. The van der Waals surface area contributed by atoms with Crippen molar-refractivity contribution < 1.29 is 33.1 Å². The first-order chi connectivity index (χ1) is 19.9. The van der Waals surface area contributed by atoms with Crippen molar-refractivity contribution in [3.63, 3.8) is 0 Å². The summed E-state index contributed by atoms with van der Waals surface area (Å²) in [5, 5.41) is 1.59. The molecule has 2 aliphatic rings. The van der Waals surface area contributed by atoms with E-state index in [-0.39, 0.29) is 29.5 Å². The van der Waals surface area contributed by atoms with E-state index in [1.165, 1.54) is 36.3 Å². The number of imide groups is 1. The van der Waals surface area contributed by atoms with Gasteiger partial charge in [0.2, 0.25) is 5.91 Å². The van der Waals surface area contributed by atoms with Crippen molar-refractivity contribution in [2.24, 2.45) is 5.92 Å². The third-order valence-corrected chi connectivity index (χ3v) is 7.21. The second-order valence-electron chi connectivity index (χ2n) is 9.71. The Balaban J connectivity index is 1.34. The summed E-state index contributed by atoms with van der Waals surface area (Å²) in [6, 6.07) is 27.8. The van der Waals surface area contributed by atoms with E-state index in [0.29, 0.717) is 11.3 Å². The lowest BCUT2D eigenvalue weighted by molar-refractivity contribution is -0.143. The average molecular weight is 553 g/mol. The lowest BCUT2D eigenvalue weighted by Gasteiger charge is -2.29. The molecule has 0 saturated carbocycles. The van der Waals surface area contributed by atoms with Gasteiger partial charge in [0.25, 0.3) is 5.91 Å². The van der Waals surface area contributed by atoms with Crippen LogP contribution in [0, 0.1) is 11.7 Å². The minimum absolute atomic E-state index is 0.145. The van der Waals surface area contributed by atoms with E-state index in [1.807, 2.05) is 60.7 Å². The van der Waals surface area contributed by atoms with Crippen molar-refractivity contribution in [1.29, 1.82) is 0 Å². The van der Waals surface area contributed by atoms with Crippen molar-refractivity contribution in [2.45, 2.75) is 18.7 Å². The first-order valence-electron chi connectivity index (χ1n) is 13.0. The Hall–Kier alpha value is -5.02. The molecule has 2 aliphatic heterocycles. The molecule has 3 atom stereocenters. The van der Waals surface area contributed by atoms with Crippen molar-refractivity contribution >= 4 is 23.5 Å². The van der Waals surface area contributed by atoms with E-state index in [2.05, 4.69) is 0 Å². The van der Waals surface area contributed by atoms with Crippen LogP contribution in [-0.4, -0.2) is 35.9 Å². The number of fused-ring (bicyclic) bond motifs is 1. The van der Waals surface area contributed by atoms with Gasteiger partial charge in [0.15, 0.2) is 17.6 Å². The van der Waals surface area contributed by atoms with Gasteiger partial charge in [-0.1, -0.05) is 54.6 Å². The first-order valence-corrected chi connectivity index (χ1v) is 13.0. The summed E-state index contributed by atoms with van der Waals surface area (Å²) in [6.45, 7) is 0.147. The van der Waals surface area contributed by atoms with Gasteiger partial charge in [-0.05, 0) is 59.7 Å². The normalized spacial score (nSPS) is 19.8. The Morgan fingerprint density at radius 2 is 1.54 bits per heavy atom. The molecule has 206 valence electrons. The van der Waals surface area contributed by atoms with Gasteiger partial charge in [0, 0.05) is 0 Å². The molecule has 2 amide bonds. The molecule has 9 heteroatoms. The number of hydrogen-bond donors (Lipinski definition) is 0. The number of anilines is 1. The zero-order valence-corrected chi connectivity index (χ0v) is 22.0. The molecule has 4 aromatic carbocycles. The van der Waals surface area contributed by atoms with Crippen LogP contribution in [0.4, 0.5) is 10.1 Å². The van der Waals surface area contributed by atoms with E-state index >= 15 is 0 Å². The molecule has 2 saturated heterocycles. The maximum atomic E-state index is 13.8. The minimum Gasteiger partial charge on any atom is -0.493 e. The Kier molecular flexibility index (Phi) is 6.94. The van der Waals surface area contributed by atoms with Crippen LogP contribution in [-0.2, 0) is 21.0 Å². The number of carbonyl (C=O) groups excluding carboxylic acids is 3. The molecule has 6 rings (SSSR count). The fraction of sp³-hybridized carbons (Fsp3) is 0.156. The molecule has 2 heterocycles. The van der Waals surface area contributed by atoms with Gasteiger partial charge in [-0.2, -0.15) is 0 Å². The minimum atomic E-state index is -1.00. The lowest BCUT2D eigenvalue weighted by atomic mass is 9.90. The topological polar surface area (TPSA) is 85.4 Å². The number of benzene rings is 4. The molecule has 41 heavy (non-hydrogen) atoms. The number of ether oxygens (including phenoxy) is 2. The molecule has 0 aromatic heterocycles. The molecule has 0 radical (unpaired) electrons. The Morgan fingerprint density at radius 3 is 2.22 bits per heavy atom. The van der Waals surface area contributed by atoms with Crippen molar-refractivity contribution in [2.75, 3.05) is 12.2 Å². The number of rotatable bonds is 7. The lowest BCUT2D eigenvalue weighted by Crippen LogP contribution is -2.36. The fourth-order valence-corrected chi connectivity index (χ4v) is 5.23. The molecular formula is C32H25FN2O6. The van der Waals surface area contributed by atoms with Crippen molar-refractivity contribution in [3.8, 4) is 11.5 Å². The van der Waals surface area contributed by atoms with Crippen LogP contribution in [0.5, 0.6) is 11.5 Å². The summed E-state index contributed by atoms with van der Waals surface area (Å²) in [6.07, 6.45) is -1.00. The van der Waals surface area contributed by atoms with Crippen molar-refractivity contribution in [1.82, 2.24) is 4.90 Å². The summed E-state index contributed by atoms with van der Waals surface area (Å²) in [5.74, 6) is -2.31. The van der Waals surface area contributed by atoms with Gasteiger partial charge in [0.05, 0.1) is 30.9 Å². The number of methoxy groups -OCH3 is 1. The number of esters is 1. The Bertz CT molecular complexity index is 1600. The molecule has 2 fully saturated rings. The van der Waals surface area contributed by atoms with E-state index < -0.39 is 35.8 Å². The number of halogens is 1. The monoisotopic (exact) mass is 552 g/mol. The van der Waals surface area contributed by atoms with Crippen LogP contribution >= 0.6 is 0 Å². The average Bonchev–Trinajstić information content (AvgIpc) is 3.50. The number of carbonyl (C=O) groups is 3. The summed E-state index contributed by atoms with van der Waals surface area (Å²) < 4.78 is 24.4. The molecule has 0 spiro atoms. The zero-order chi connectivity index (χ0) is 28.5. The van der Waals surface area contributed by atoms with Gasteiger partial charge < -0.3 is 9.47 Å². The molecule has 0 N–H and O–H groups in total. The van der Waals surface area contributed by atoms with E-state index in [9.17, 15) is 18.8 Å². The highest BCUT2D eigenvalue weighted by atomic mass is 19.1. The number of likely N-dealkylation sites (tertiary alicyclic amines) is 1. The van der Waals surface area contributed by atoms with Gasteiger partial charge in [-0.15, -0.1) is 0 Å². The van der Waals surface area contributed by atoms with Crippen molar-refractivity contribution in [3.05, 3.63) is 126 Å². The standard InChI is InChI=1S/C32H25FN2O6/c1-39-26-18-22(14-17-25(26)40-32(38)21-12-15-23(33)16-13-21)28-27-29(41-35(28)24-10-6-3-7-11-24)31(37)34(30(27)36)19-20-8-4-2-5-9-20/h2-18,27-29H,19H2,1H3/t27-,28-,29+/m1/s1. The molecule has 8 nitrogen and oxygen atoms in total. The largest absolute Gasteiger partial charge is 0.493 e. The molecule has 0 bridgehead atoms. The summed E-state index contributed by atoms with van der Waals surface area (Å²) in [7, 11) is 1.43. The highest BCUT2D eigenvalue weighted by Crippen LogP contribution is 2.48. The first kappa shape index (κ1) is 26.2. The maximum Gasteiger partial charge on any atom is 0.343 e. The second kappa shape index (κ2) is 10.9. The number of nitrogens with zero attached hydrogens (tertiary/aromatic N) is 2. The number of para-hydroxylation sites is 1. The predicted molar refractivity (Wildman–Crippen MR) is 146 cm³/mol.